The van der Waals surface area contributed by atoms with Gasteiger partial charge >= 0.3 is 0 Å². The third kappa shape index (κ3) is 5.03. The molecule has 4 aromatic rings. The number of hydrogen-bond donors (Lipinski definition) is 1. The van der Waals surface area contributed by atoms with Crippen molar-refractivity contribution in [3.8, 4) is 17.1 Å². The van der Waals surface area contributed by atoms with Gasteiger partial charge in [0.2, 0.25) is 5.43 Å². The molecule has 0 saturated heterocycles. The van der Waals surface area contributed by atoms with E-state index in [9.17, 15) is 9.59 Å². The summed E-state index contributed by atoms with van der Waals surface area (Å²) in [7, 11) is 0. The molecule has 0 aliphatic rings. The maximum Gasteiger partial charge on any atom is 0.277 e. The van der Waals surface area contributed by atoms with E-state index >= 15 is 0 Å². The fourth-order valence-electron chi connectivity index (χ4n) is 2.94. The first kappa shape index (κ1) is 22.8. The lowest BCUT2D eigenvalue weighted by Crippen LogP contribution is -2.25. The number of nitrogens with zero attached hydrogens (tertiary/aromatic N) is 2. The number of hydrazone groups is 1. The minimum atomic E-state index is -0.557. The number of ether oxygens (including phenoxy) is 1. The van der Waals surface area contributed by atoms with Crippen molar-refractivity contribution in [2.24, 2.45) is 5.10 Å². The Morgan fingerprint density at radius 2 is 2.03 bits per heavy atom. The Bertz CT molecular complexity index is 1430. The molecule has 0 radical (unpaired) electrons. The number of nitrogens with one attached hydrogen (secondary N) is 1. The molecule has 0 aliphatic heterocycles. The Balaban J connectivity index is 1.45. The zero-order valence-electron chi connectivity index (χ0n) is 16.9. The van der Waals surface area contributed by atoms with E-state index in [0.717, 1.165) is 11.8 Å². The number of hydrogen-bond acceptors (Lipinski definition) is 7. The first-order valence-corrected chi connectivity index (χ1v) is 10.5. The minimum absolute atomic E-state index is 0.1000. The van der Waals surface area contributed by atoms with Crippen LogP contribution in [0.1, 0.15) is 11.1 Å². The van der Waals surface area contributed by atoms with Crippen LogP contribution in [-0.2, 0) is 4.79 Å². The quantitative estimate of drug-likeness (QED) is 0.283. The van der Waals surface area contributed by atoms with Crippen molar-refractivity contribution in [3.05, 3.63) is 79.2 Å². The van der Waals surface area contributed by atoms with Crippen LogP contribution in [0.5, 0.6) is 5.75 Å². The fourth-order valence-corrected chi connectivity index (χ4v) is 3.64. The van der Waals surface area contributed by atoms with Crippen LogP contribution in [0.4, 0.5) is 0 Å². The zero-order chi connectivity index (χ0) is 23.5. The molecule has 33 heavy (non-hydrogen) atoms. The highest BCUT2D eigenvalue weighted by Gasteiger charge is 2.15. The number of aryl methyl sites for hydroxylation is 1. The molecule has 2 heterocycles. The van der Waals surface area contributed by atoms with Crippen molar-refractivity contribution < 1.29 is 18.5 Å². The third-order valence-corrected chi connectivity index (χ3v) is 5.44. The van der Waals surface area contributed by atoms with Crippen LogP contribution in [0.2, 0.25) is 15.1 Å². The smallest absolute Gasteiger partial charge is 0.277 e. The fraction of sp³-hybridized carbons (Fsp3) is 0.0909. The second-order valence-corrected chi connectivity index (χ2v) is 8.09. The lowest BCUT2D eigenvalue weighted by atomic mass is 10.1. The highest BCUT2D eigenvalue weighted by Crippen LogP contribution is 2.34. The number of amides is 1. The van der Waals surface area contributed by atoms with Crippen LogP contribution in [0.15, 0.2) is 61.6 Å². The molecular formula is C22H14Cl3N3O5. The molecule has 11 heteroatoms. The summed E-state index contributed by atoms with van der Waals surface area (Å²) in [5, 5.41) is 8.68. The number of rotatable bonds is 6. The van der Waals surface area contributed by atoms with Crippen LogP contribution in [-0.4, -0.2) is 23.9 Å². The van der Waals surface area contributed by atoms with Crippen molar-refractivity contribution >= 4 is 57.9 Å². The van der Waals surface area contributed by atoms with Gasteiger partial charge in [0.25, 0.3) is 5.91 Å². The Labute approximate surface area is 201 Å². The van der Waals surface area contributed by atoms with Gasteiger partial charge in [0.05, 0.1) is 33.9 Å². The van der Waals surface area contributed by atoms with Crippen LogP contribution < -0.4 is 15.6 Å². The summed E-state index contributed by atoms with van der Waals surface area (Å²) in [6.45, 7) is 1.45. The Hall–Kier alpha value is -3.33. The SMILES string of the molecule is Cc1cc(OCC(=O)N/N=C/c2coc3c(Cl)cc(Cl)cc3c2=O)c(-c2ccno2)cc1Cl. The van der Waals surface area contributed by atoms with E-state index in [1.54, 1.807) is 25.1 Å². The molecule has 1 amide bonds. The number of carbonyl (C=O) groups is 1. The van der Waals surface area contributed by atoms with E-state index in [1.165, 1.54) is 24.6 Å². The summed E-state index contributed by atoms with van der Waals surface area (Å²) >= 11 is 18.2. The third-order valence-electron chi connectivity index (χ3n) is 4.53. The standard InChI is InChI=1S/C22H14Cl3N3O5/c1-11-4-19(14(7-16(11)24)18-2-3-27-33-18)31-10-20(29)28-26-8-12-9-32-22-15(21(12)30)5-13(23)6-17(22)25/h2-9H,10H2,1H3,(H,28,29)/b26-8+. The summed E-state index contributed by atoms with van der Waals surface area (Å²) in [5.74, 6) is 0.268. The average Bonchev–Trinajstić information content (AvgIpc) is 3.31. The molecular weight excluding hydrogens is 493 g/mol. The predicted octanol–water partition coefficient (Wildman–Crippen LogP) is 5.25. The average molecular weight is 507 g/mol. The van der Waals surface area contributed by atoms with Crippen molar-refractivity contribution in [1.29, 1.82) is 0 Å². The van der Waals surface area contributed by atoms with Gasteiger partial charge in [0, 0.05) is 16.1 Å². The van der Waals surface area contributed by atoms with Gasteiger partial charge in [-0.25, -0.2) is 5.43 Å². The lowest BCUT2D eigenvalue weighted by Gasteiger charge is -2.11. The molecule has 8 nitrogen and oxygen atoms in total. The monoisotopic (exact) mass is 505 g/mol. The van der Waals surface area contributed by atoms with E-state index in [2.05, 4.69) is 15.7 Å². The second kappa shape index (κ2) is 9.66. The van der Waals surface area contributed by atoms with E-state index in [-0.39, 0.29) is 28.2 Å². The van der Waals surface area contributed by atoms with Gasteiger partial charge in [0.15, 0.2) is 18.0 Å². The Kier molecular flexibility index (Phi) is 6.69. The van der Waals surface area contributed by atoms with Gasteiger partial charge in [-0.1, -0.05) is 40.0 Å². The van der Waals surface area contributed by atoms with Crippen molar-refractivity contribution in [2.75, 3.05) is 6.61 Å². The summed E-state index contributed by atoms with van der Waals surface area (Å²) in [5.41, 5.74) is 3.51. The molecule has 4 rings (SSSR count). The zero-order valence-corrected chi connectivity index (χ0v) is 19.2. The van der Waals surface area contributed by atoms with Gasteiger partial charge < -0.3 is 13.7 Å². The largest absolute Gasteiger partial charge is 0.483 e. The van der Waals surface area contributed by atoms with Gasteiger partial charge in [-0.3, -0.25) is 9.59 Å². The molecule has 0 fully saturated rings. The minimum Gasteiger partial charge on any atom is -0.483 e. The molecule has 0 atom stereocenters. The second-order valence-electron chi connectivity index (χ2n) is 6.84. The van der Waals surface area contributed by atoms with E-state index in [0.29, 0.717) is 27.1 Å². The van der Waals surface area contributed by atoms with Gasteiger partial charge in [-0.05, 0) is 36.8 Å². The van der Waals surface area contributed by atoms with Crippen molar-refractivity contribution in [2.45, 2.75) is 6.92 Å². The number of fused-ring (bicyclic) bond motifs is 1. The Morgan fingerprint density at radius 1 is 1.21 bits per heavy atom. The topological polar surface area (TPSA) is 107 Å². The van der Waals surface area contributed by atoms with Gasteiger partial charge in [-0.15, -0.1) is 0 Å². The van der Waals surface area contributed by atoms with Crippen molar-refractivity contribution in [1.82, 2.24) is 10.6 Å². The summed E-state index contributed by atoms with van der Waals surface area (Å²) in [6, 6.07) is 7.91. The van der Waals surface area contributed by atoms with Gasteiger partial charge in [-0.2, -0.15) is 5.10 Å². The first-order valence-electron chi connectivity index (χ1n) is 9.40. The summed E-state index contributed by atoms with van der Waals surface area (Å²) < 4.78 is 16.2. The molecule has 2 aromatic heterocycles. The maximum atomic E-state index is 12.6. The molecule has 0 aliphatic carbocycles. The number of benzene rings is 2. The highest BCUT2D eigenvalue weighted by molar-refractivity contribution is 6.38. The lowest BCUT2D eigenvalue weighted by molar-refractivity contribution is -0.123. The predicted molar refractivity (Wildman–Crippen MR) is 125 cm³/mol. The molecule has 1 N–H and O–H groups in total. The number of aromatic nitrogens is 1. The van der Waals surface area contributed by atoms with E-state index in [1.807, 2.05) is 0 Å². The van der Waals surface area contributed by atoms with Gasteiger partial charge in [0.1, 0.15) is 12.0 Å². The molecule has 0 unspecified atom stereocenters. The normalized spacial score (nSPS) is 11.3. The van der Waals surface area contributed by atoms with Crippen molar-refractivity contribution in [3.63, 3.8) is 0 Å². The summed E-state index contributed by atoms with van der Waals surface area (Å²) in [6.07, 6.45) is 3.83. The van der Waals surface area contributed by atoms with Crippen LogP contribution in [0, 0.1) is 6.92 Å². The molecule has 168 valence electrons. The first-order chi connectivity index (χ1) is 15.8. The van der Waals surface area contributed by atoms with E-state index < -0.39 is 11.3 Å². The Morgan fingerprint density at radius 3 is 2.79 bits per heavy atom. The van der Waals surface area contributed by atoms with Crippen LogP contribution in [0.25, 0.3) is 22.3 Å². The molecule has 0 spiro atoms. The van der Waals surface area contributed by atoms with Crippen LogP contribution >= 0.6 is 34.8 Å². The van der Waals surface area contributed by atoms with E-state index in [4.69, 9.17) is 48.5 Å². The summed E-state index contributed by atoms with van der Waals surface area (Å²) in [4.78, 5) is 24.8. The highest BCUT2D eigenvalue weighted by atomic mass is 35.5. The van der Waals surface area contributed by atoms with Crippen LogP contribution in [0.3, 0.4) is 0 Å². The molecule has 0 bridgehead atoms. The maximum absolute atomic E-state index is 12.6. The number of halogens is 3. The molecule has 2 aromatic carbocycles. The molecule has 0 saturated carbocycles. The number of carbonyl (C=O) groups excluding carboxylic acids is 1.